The summed E-state index contributed by atoms with van der Waals surface area (Å²) in [5.74, 6) is -1.23. The number of hydrogen-bond donors (Lipinski definition) is 3. The summed E-state index contributed by atoms with van der Waals surface area (Å²) in [6.45, 7) is 3.84. The number of carboxylic acids is 1. The fraction of sp³-hybridized carbons (Fsp3) is 0.278. The lowest BCUT2D eigenvalue weighted by Crippen LogP contribution is -2.44. The van der Waals surface area contributed by atoms with Crippen LogP contribution in [-0.2, 0) is 11.3 Å². The molecule has 4 heteroatoms. The molecule has 0 saturated carbocycles. The van der Waals surface area contributed by atoms with Crippen molar-refractivity contribution in [2.24, 2.45) is 0 Å². The molecule has 0 bridgehead atoms. The molecule has 0 aliphatic heterocycles. The first-order valence-corrected chi connectivity index (χ1v) is 7.21. The van der Waals surface area contributed by atoms with E-state index < -0.39 is 11.6 Å². The Labute approximate surface area is 130 Å². The quantitative estimate of drug-likeness (QED) is 0.767. The molecule has 0 aliphatic rings. The standard InChI is InChI=1S/C18H21NO3/c1-13-6-8-15(9-7-13)16-5-3-4-14(10-16)11-19-12-18(2,22)17(20)21/h3-10,19,22H,11-12H2,1-2H3,(H,20,21). The second-order valence-corrected chi connectivity index (χ2v) is 5.75. The van der Waals surface area contributed by atoms with E-state index in [0.29, 0.717) is 6.54 Å². The van der Waals surface area contributed by atoms with Crippen molar-refractivity contribution in [3.8, 4) is 11.1 Å². The van der Waals surface area contributed by atoms with Crippen LogP contribution in [-0.4, -0.2) is 28.3 Å². The third-order valence-corrected chi connectivity index (χ3v) is 3.57. The van der Waals surface area contributed by atoms with E-state index in [1.54, 1.807) is 0 Å². The minimum Gasteiger partial charge on any atom is -0.479 e. The largest absolute Gasteiger partial charge is 0.479 e. The molecule has 0 aliphatic carbocycles. The molecule has 4 nitrogen and oxygen atoms in total. The van der Waals surface area contributed by atoms with E-state index in [9.17, 15) is 9.90 Å². The molecule has 22 heavy (non-hydrogen) atoms. The molecule has 0 saturated heterocycles. The van der Waals surface area contributed by atoms with Crippen LogP contribution in [0.2, 0.25) is 0 Å². The van der Waals surface area contributed by atoms with Gasteiger partial charge in [0.2, 0.25) is 0 Å². The lowest BCUT2D eigenvalue weighted by molar-refractivity contribution is -0.156. The molecular weight excluding hydrogens is 278 g/mol. The predicted octanol–water partition coefficient (Wildman–Crippen LogP) is 2.59. The molecule has 1 atom stereocenters. The number of aliphatic carboxylic acids is 1. The normalized spacial score (nSPS) is 13.6. The Bertz CT molecular complexity index is 648. The minimum absolute atomic E-state index is 0.00288. The van der Waals surface area contributed by atoms with Crippen molar-refractivity contribution in [1.29, 1.82) is 0 Å². The molecule has 1 unspecified atom stereocenters. The van der Waals surface area contributed by atoms with Gasteiger partial charge in [-0.25, -0.2) is 4.79 Å². The first-order valence-electron chi connectivity index (χ1n) is 7.21. The smallest absolute Gasteiger partial charge is 0.336 e. The average Bonchev–Trinajstić information content (AvgIpc) is 2.48. The van der Waals surface area contributed by atoms with Crippen LogP contribution in [0.5, 0.6) is 0 Å². The Morgan fingerprint density at radius 2 is 1.82 bits per heavy atom. The zero-order chi connectivity index (χ0) is 16.2. The summed E-state index contributed by atoms with van der Waals surface area (Å²) in [4.78, 5) is 10.8. The molecule has 0 heterocycles. The maximum Gasteiger partial charge on any atom is 0.336 e. The van der Waals surface area contributed by atoms with Crippen molar-refractivity contribution in [2.75, 3.05) is 6.54 Å². The molecule has 2 rings (SSSR count). The van der Waals surface area contributed by atoms with Crippen molar-refractivity contribution in [2.45, 2.75) is 26.0 Å². The van der Waals surface area contributed by atoms with Crippen LogP contribution in [0.25, 0.3) is 11.1 Å². The van der Waals surface area contributed by atoms with Crippen molar-refractivity contribution in [1.82, 2.24) is 5.32 Å². The van der Waals surface area contributed by atoms with E-state index in [4.69, 9.17) is 5.11 Å². The summed E-state index contributed by atoms with van der Waals surface area (Å²) in [5, 5.41) is 21.5. The number of rotatable bonds is 6. The van der Waals surface area contributed by atoms with Gasteiger partial charge < -0.3 is 15.5 Å². The van der Waals surface area contributed by atoms with E-state index in [2.05, 4.69) is 42.6 Å². The number of carbonyl (C=O) groups is 1. The van der Waals surface area contributed by atoms with Crippen LogP contribution < -0.4 is 5.32 Å². The van der Waals surface area contributed by atoms with Crippen LogP contribution in [0.3, 0.4) is 0 Å². The monoisotopic (exact) mass is 299 g/mol. The van der Waals surface area contributed by atoms with Gasteiger partial charge in [-0.05, 0) is 36.6 Å². The van der Waals surface area contributed by atoms with Gasteiger partial charge in [0.05, 0.1) is 0 Å². The summed E-state index contributed by atoms with van der Waals surface area (Å²) in [6.07, 6.45) is 0. The van der Waals surface area contributed by atoms with Crippen molar-refractivity contribution in [3.05, 3.63) is 59.7 Å². The Morgan fingerprint density at radius 1 is 1.14 bits per heavy atom. The molecule has 0 fully saturated rings. The van der Waals surface area contributed by atoms with Crippen LogP contribution in [0.4, 0.5) is 0 Å². The maximum atomic E-state index is 10.8. The fourth-order valence-corrected chi connectivity index (χ4v) is 2.13. The van der Waals surface area contributed by atoms with Gasteiger partial charge in [0.1, 0.15) is 0 Å². The van der Waals surface area contributed by atoms with Gasteiger partial charge in [-0.2, -0.15) is 0 Å². The highest BCUT2D eigenvalue weighted by atomic mass is 16.4. The van der Waals surface area contributed by atoms with Crippen LogP contribution in [0.15, 0.2) is 48.5 Å². The number of carboxylic acid groups (broad SMARTS) is 1. The zero-order valence-electron chi connectivity index (χ0n) is 12.8. The van der Waals surface area contributed by atoms with Gasteiger partial charge in [0.15, 0.2) is 5.60 Å². The number of aliphatic hydroxyl groups is 1. The van der Waals surface area contributed by atoms with Gasteiger partial charge in [0, 0.05) is 13.1 Å². The van der Waals surface area contributed by atoms with Gasteiger partial charge in [-0.3, -0.25) is 0 Å². The summed E-state index contributed by atoms with van der Waals surface area (Å²) in [7, 11) is 0. The Kier molecular flexibility index (Phi) is 4.96. The zero-order valence-corrected chi connectivity index (χ0v) is 12.8. The molecule has 0 spiro atoms. The highest BCUT2D eigenvalue weighted by molar-refractivity contribution is 5.76. The first kappa shape index (κ1) is 16.2. The van der Waals surface area contributed by atoms with Crippen LogP contribution >= 0.6 is 0 Å². The van der Waals surface area contributed by atoms with Gasteiger partial charge in [-0.1, -0.05) is 48.0 Å². The third kappa shape index (κ3) is 4.16. The Balaban J connectivity index is 2.03. The van der Waals surface area contributed by atoms with Crippen LogP contribution in [0.1, 0.15) is 18.1 Å². The number of benzene rings is 2. The summed E-state index contributed by atoms with van der Waals surface area (Å²) >= 11 is 0. The number of hydrogen-bond acceptors (Lipinski definition) is 3. The van der Waals surface area contributed by atoms with Gasteiger partial charge in [-0.15, -0.1) is 0 Å². The SMILES string of the molecule is Cc1ccc(-c2cccc(CNCC(C)(O)C(=O)O)c2)cc1. The minimum atomic E-state index is -1.76. The van der Waals surface area contributed by atoms with E-state index in [0.717, 1.165) is 16.7 Å². The molecule has 2 aromatic rings. The number of aryl methyl sites for hydroxylation is 1. The summed E-state index contributed by atoms with van der Waals surface area (Å²) in [6, 6.07) is 16.4. The van der Waals surface area contributed by atoms with E-state index in [1.807, 2.05) is 18.2 Å². The molecule has 0 aromatic heterocycles. The average molecular weight is 299 g/mol. The molecule has 0 amide bonds. The van der Waals surface area contributed by atoms with Crippen molar-refractivity contribution >= 4 is 5.97 Å². The van der Waals surface area contributed by atoms with Crippen LogP contribution in [0, 0.1) is 6.92 Å². The molecule has 2 aromatic carbocycles. The first-order chi connectivity index (χ1) is 10.4. The second kappa shape index (κ2) is 6.73. The topological polar surface area (TPSA) is 69.6 Å². The van der Waals surface area contributed by atoms with Gasteiger partial charge in [0.25, 0.3) is 0 Å². The van der Waals surface area contributed by atoms with E-state index in [-0.39, 0.29) is 6.54 Å². The molecule has 0 radical (unpaired) electrons. The Hall–Kier alpha value is -2.17. The van der Waals surface area contributed by atoms with E-state index >= 15 is 0 Å². The van der Waals surface area contributed by atoms with Crippen molar-refractivity contribution in [3.63, 3.8) is 0 Å². The highest BCUT2D eigenvalue weighted by Gasteiger charge is 2.28. The summed E-state index contributed by atoms with van der Waals surface area (Å²) in [5.41, 5.74) is 2.76. The Morgan fingerprint density at radius 3 is 2.45 bits per heavy atom. The highest BCUT2D eigenvalue weighted by Crippen LogP contribution is 2.21. The summed E-state index contributed by atoms with van der Waals surface area (Å²) < 4.78 is 0. The molecule has 3 N–H and O–H groups in total. The van der Waals surface area contributed by atoms with Gasteiger partial charge >= 0.3 is 5.97 Å². The second-order valence-electron chi connectivity index (χ2n) is 5.75. The number of nitrogens with one attached hydrogen (secondary N) is 1. The maximum absolute atomic E-state index is 10.8. The molecule has 116 valence electrons. The molecular formula is C18H21NO3. The lowest BCUT2D eigenvalue weighted by Gasteiger charge is -2.18. The van der Waals surface area contributed by atoms with Crippen molar-refractivity contribution < 1.29 is 15.0 Å². The third-order valence-electron chi connectivity index (χ3n) is 3.57. The van der Waals surface area contributed by atoms with E-state index in [1.165, 1.54) is 12.5 Å². The predicted molar refractivity (Wildman–Crippen MR) is 86.6 cm³/mol. The lowest BCUT2D eigenvalue weighted by atomic mass is 10.0. The fourth-order valence-electron chi connectivity index (χ4n) is 2.13.